The van der Waals surface area contributed by atoms with E-state index in [1.54, 1.807) is 18.2 Å². The molecule has 1 saturated heterocycles. The molecule has 2 aliphatic heterocycles. The number of fused-ring (bicyclic) bond motifs is 1. The SMILES string of the molecule is CCCCCCCCc1ccc(OCCOCCNc2cccc3c2C(=O)N(C2CCC(=O)NC2=O)C3=O)cc1. The predicted molar refractivity (Wildman–Crippen MR) is 151 cm³/mol. The van der Waals surface area contributed by atoms with Gasteiger partial charge >= 0.3 is 0 Å². The van der Waals surface area contributed by atoms with Crippen molar-refractivity contribution in [3.63, 3.8) is 0 Å². The summed E-state index contributed by atoms with van der Waals surface area (Å²) in [4.78, 5) is 50.8. The molecule has 40 heavy (non-hydrogen) atoms. The van der Waals surface area contributed by atoms with Gasteiger partial charge in [-0.05, 0) is 49.1 Å². The van der Waals surface area contributed by atoms with Crippen molar-refractivity contribution < 1.29 is 28.7 Å². The lowest BCUT2D eigenvalue weighted by Crippen LogP contribution is -2.54. The smallest absolute Gasteiger partial charge is 0.264 e. The van der Waals surface area contributed by atoms with Crippen molar-refractivity contribution in [1.29, 1.82) is 0 Å². The van der Waals surface area contributed by atoms with Gasteiger partial charge in [-0.3, -0.25) is 29.4 Å². The van der Waals surface area contributed by atoms with Crippen molar-refractivity contribution in [3.05, 3.63) is 59.2 Å². The van der Waals surface area contributed by atoms with Gasteiger partial charge in [0, 0.05) is 18.7 Å². The highest BCUT2D eigenvalue weighted by atomic mass is 16.5. The summed E-state index contributed by atoms with van der Waals surface area (Å²) in [6.07, 6.45) is 9.07. The first-order valence-corrected chi connectivity index (χ1v) is 14.4. The van der Waals surface area contributed by atoms with E-state index in [9.17, 15) is 19.2 Å². The first kappa shape index (κ1) is 29.3. The highest BCUT2D eigenvalue weighted by molar-refractivity contribution is 6.25. The molecular formula is C31H39N3O6. The molecule has 9 nitrogen and oxygen atoms in total. The molecule has 214 valence electrons. The van der Waals surface area contributed by atoms with Crippen LogP contribution in [0.2, 0.25) is 0 Å². The third-order valence-electron chi connectivity index (χ3n) is 7.27. The van der Waals surface area contributed by atoms with Gasteiger partial charge in [-0.2, -0.15) is 0 Å². The lowest BCUT2D eigenvalue weighted by atomic mass is 10.0. The van der Waals surface area contributed by atoms with E-state index in [1.165, 1.54) is 44.1 Å². The van der Waals surface area contributed by atoms with E-state index in [0.29, 0.717) is 32.1 Å². The second kappa shape index (κ2) is 14.6. The molecule has 2 N–H and O–H groups in total. The fourth-order valence-electron chi connectivity index (χ4n) is 5.10. The summed E-state index contributed by atoms with van der Waals surface area (Å²) >= 11 is 0. The molecule has 2 aromatic rings. The fraction of sp³-hybridized carbons (Fsp3) is 0.484. The molecule has 2 aliphatic rings. The predicted octanol–water partition coefficient (Wildman–Crippen LogP) is 4.50. The quantitative estimate of drug-likeness (QED) is 0.234. The van der Waals surface area contributed by atoms with Crippen LogP contribution >= 0.6 is 0 Å². The number of anilines is 1. The van der Waals surface area contributed by atoms with Crippen LogP contribution in [0, 0.1) is 0 Å². The Morgan fingerprint density at radius 3 is 2.45 bits per heavy atom. The van der Waals surface area contributed by atoms with Crippen LogP contribution in [-0.4, -0.2) is 60.9 Å². The van der Waals surface area contributed by atoms with Crippen molar-refractivity contribution >= 4 is 29.3 Å². The molecule has 1 unspecified atom stereocenters. The van der Waals surface area contributed by atoms with Crippen molar-refractivity contribution in [2.75, 3.05) is 31.7 Å². The molecule has 0 aromatic heterocycles. The van der Waals surface area contributed by atoms with Crippen molar-refractivity contribution in [1.82, 2.24) is 10.2 Å². The number of amides is 4. The highest BCUT2D eigenvalue weighted by Gasteiger charge is 2.45. The van der Waals surface area contributed by atoms with Crippen LogP contribution < -0.4 is 15.4 Å². The number of rotatable bonds is 16. The number of carbonyl (C=O) groups is 4. The van der Waals surface area contributed by atoms with Crippen molar-refractivity contribution in [2.45, 2.75) is 70.8 Å². The zero-order valence-electron chi connectivity index (χ0n) is 23.2. The van der Waals surface area contributed by atoms with Gasteiger partial charge in [-0.1, -0.05) is 57.2 Å². The van der Waals surface area contributed by atoms with Gasteiger partial charge in [0.05, 0.1) is 24.3 Å². The van der Waals surface area contributed by atoms with Crippen LogP contribution in [-0.2, 0) is 20.7 Å². The molecule has 0 spiro atoms. The Bertz CT molecular complexity index is 1200. The number of hydrogen-bond acceptors (Lipinski definition) is 7. The number of nitrogens with one attached hydrogen (secondary N) is 2. The Morgan fingerprint density at radius 2 is 1.68 bits per heavy atom. The number of imide groups is 2. The summed E-state index contributed by atoms with van der Waals surface area (Å²) in [7, 11) is 0. The van der Waals surface area contributed by atoms with Gasteiger partial charge in [0.1, 0.15) is 18.4 Å². The molecule has 0 bridgehead atoms. The Hall–Kier alpha value is -3.72. The van der Waals surface area contributed by atoms with Crippen LogP contribution in [0.15, 0.2) is 42.5 Å². The maximum Gasteiger partial charge on any atom is 0.264 e. The fourth-order valence-corrected chi connectivity index (χ4v) is 5.10. The maximum absolute atomic E-state index is 13.1. The van der Waals surface area contributed by atoms with Crippen LogP contribution in [0.25, 0.3) is 0 Å². The number of ether oxygens (including phenoxy) is 2. The summed E-state index contributed by atoms with van der Waals surface area (Å²) in [6.45, 7) is 3.87. The summed E-state index contributed by atoms with van der Waals surface area (Å²) in [5.74, 6) is -1.27. The molecule has 1 atom stereocenters. The van der Waals surface area contributed by atoms with E-state index in [1.807, 2.05) is 12.1 Å². The Morgan fingerprint density at radius 1 is 0.900 bits per heavy atom. The second-order valence-electron chi connectivity index (χ2n) is 10.2. The third-order valence-corrected chi connectivity index (χ3v) is 7.27. The number of aryl methyl sites for hydroxylation is 1. The van der Waals surface area contributed by atoms with Gasteiger partial charge in [-0.25, -0.2) is 0 Å². The highest BCUT2D eigenvalue weighted by Crippen LogP contribution is 2.32. The standard InChI is InChI=1S/C31H39N3O6/c1-2-3-4-5-6-7-9-22-12-14-23(15-13-22)40-21-20-39-19-18-32-25-11-8-10-24-28(25)31(38)34(30(24)37)26-16-17-27(35)33-29(26)36/h8,10-15,26,32H,2-7,9,16-21H2,1H3,(H,33,35,36). The number of piperidine rings is 1. The largest absolute Gasteiger partial charge is 0.491 e. The third kappa shape index (κ3) is 7.47. The number of benzene rings is 2. The molecule has 4 rings (SSSR count). The minimum atomic E-state index is -0.988. The Kier molecular flexibility index (Phi) is 10.7. The summed E-state index contributed by atoms with van der Waals surface area (Å²) < 4.78 is 11.4. The normalized spacial score (nSPS) is 16.7. The van der Waals surface area contributed by atoms with Gasteiger partial charge in [0.25, 0.3) is 11.8 Å². The van der Waals surface area contributed by atoms with Gasteiger partial charge in [0.2, 0.25) is 11.8 Å². The van der Waals surface area contributed by atoms with E-state index >= 15 is 0 Å². The first-order valence-electron chi connectivity index (χ1n) is 14.4. The van der Waals surface area contributed by atoms with Crippen LogP contribution in [0.3, 0.4) is 0 Å². The lowest BCUT2D eigenvalue weighted by molar-refractivity contribution is -0.136. The molecule has 2 aromatic carbocycles. The molecule has 0 aliphatic carbocycles. The number of nitrogens with zero attached hydrogens (tertiary/aromatic N) is 1. The van der Waals surface area contributed by atoms with Crippen molar-refractivity contribution in [3.8, 4) is 5.75 Å². The molecular weight excluding hydrogens is 510 g/mol. The maximum atomic E-state index is 13.1. The van der Waals surface area contributed by atoms with E-state index in [-0.39, 0.29) is 24.0 Å². The van der Waals surface area contributed by atoms with E-state index < -0.39 is 29.7 Å². The molecule has 2 heterocycles. The van der Waals surface area contributed by atoms with Crippen molar-refractivity contribution in [2.24, 2.45) is 0 Å². The molecule has 0 radical (unpaired) electrons. The van der Waals surface area contributed by atoms with Crippen LogP contribution in [0.5, 0.6) is 5.75 Å². The second-order valence-corrected chi connectivity index (χ2v) is 10.2. The van der Waals surface area contributed by atoms with Gasteiger partial charge in [-0.15, -0.1) is 0 Å². The zero-order chi connectivity index (χ0) is 28.3. The molecule has 4 amide bonds. The van der Waals surface area contributed by atoms with Crippen LogP contribution in [0.1, 0.15) is 84.6 Å². The Labute approximate surface area is 235 Å². The molecule has 9 heteroatoms. The summed E-state index contributed by atoms with van der Waals surface area (Å²) in [5, 5.41) is 5.37. The lowest BCUT2D eigenvalue weighted by Gasteiger charge is -2.27. The van der Waals surface area contributed by atoms with E-state index in [0.717, 1.165) is 17.1 Å². The molecule has 1 fully saturated rings. The zero-order valence-corrected chi connectivity index (χ0v) is 23.2. The average Bonchev–Trinajstić information content (AvgIpc) is 3.21. The van der Waals surface area contributed by atoms with E-state index in [2.05, 4.69) is 29.7 Å². The van der Waals surface area contributed by atoms with Crippen LogP contribution in [0.4, 0.5) is 5.69 Å². The summed E-state index contributed by atoms with van der Waals surface area (Å²) in [6, 6.07) is 12.2. The molecule has 0 saturated carbocycles. The minimum absolute atomic E-state index is 0.0839. The topological polar surface area (TPSA) is 114 Å². The Balaban J connectivity index is 1.15. The monoisotopic (exact) mass is 549 g/mol. The first-order chi connectivity index (χ1) is 19.5. The van der Waals surface area contributed by atoms with Gasteiger partial charge in [0.15, 0.2) is 0 Å². The summed E-state index contributed by atoms with van der Waals surface area (Å²) in [5.41, 5.74) is 2.32. The number of hydrogen-bond donors (Lipinski definition) is 2. The van der Waals surface area contributed by atoms with Gasteiger partial charge < -0.3 is 14.8 Å². The minimum Gasteiger partial charge on any atom is -0.491 e. The number of unbranched alkanes of at least 4 members (excludes halogenated alkanes) is 5. The average molecular weight is 550 g/mol. The van der Waals surface area contributed by atoms with E-state index in [4.69, 9.17) is 9.47 Å². The number of carbonyl (C=O) groups excluding carboxylic acids is 4.